The minimum Gasteiger partial charge on any atom is -0.396 e. The molecule has 19 heavy (non-hydrogen) atoms. The molecule has 3 rings (SSSR count). The van der Waals surface area contributed by atoms with E-state index in [1.54, 1.807) is 6.20 Å². The number of nitrogens with two attached hydrogens (primary N) is 1. The predicted octanol–water partition coefficient (Wildman–Crippen LogP) is -0.642. The van der Waals surface area contributed by atoms with E-state index in [2.05, 4.69) is 15.0 Å². The molecule has 4 atom stereocenters. The molecule has 0 spiro atoms. The summed E-state index contributed by atoms with van der Waals surface area (Å²) in [6.07, 6.45) is 1.79. The summed E-state index contributed by atoms with van der Waals surface area (Å²) in [5.74, 6) is -0.234. The monoisotopic (exact) mass is 264 g/mol. The minimum absolute atomic E-state index is 0.145. The molecule has 0 aliphatic heterocycles. The molecule has 2 unspecified atom stereocenters. The second kappa shape index (κ2) is 4.44. The Morgan fingerprint density at radius 1 is 1.32 bits per heavy atom. The number of aliphatic hydroxyl groups excluding tert-OH is 3. The Balaban J connectivity index is 2.04. The van der Waals surface area contributed by atoms with Crippen LogP contribution in [-0.4, -0.2) is 49.1 Å². The Bertz CT molecular complexity index is 600. The van der Waals surface area contributed by atoms with Crippen molar-refractivity contribution in [1.29, 1.82) is 0 Å². The first-order valence-corrected chi connectivity index (χ1v) is 6.18. The molecule has 7 nitrogen and oxygen atoms in total. The lowest BCUT2D eigenvalue weighted by Crippen LogP contribution is -2.28. The highest BCUT2D eigenvalue weighted by atomic mass is 16.3. The smallest absolute Gasteiger partial charge is 0.151 e. The molecule has 102 valence electrons. The van der Waals surface area contributed by atoms with Crippen molar-refractivity contribution in [2.24, 2.45) is 5.92 Å². The van der Waals surface area contributed by atoms with Crippen molar-refractivity contribution in [3.05, 3.63) is 18.1 Å². The molecule has 0 aromatic carbocycles. The van der Waals surface area contributed by atoms with Gasteiger partial charge in [0.2, 0.25) is 0 Å². The van der Waals surface area contributed by atoms with Gasteiger partial charge in [0, 0.05) is 30.2 Å². The van der Waals surface area contributed by atoms with Crippen LogP contribution in [0.2, 0.25) is 0 Å². The van der Waals surface area contributed by atoms with Crippen LogP contribution in [0.5, 0.6) is 0 Å². The fourth-order valence-corrected chi connectivity index (χ4v) is 2.88. The third kappa shape index (κ3) is 1.78. The number of rotatable bonds is 2. The van der Waals surface area contributed by atoms with E-state index in [-0.39, 0.29) is 18.4 Å². The topological polar surface area (TPSA) is 128 Å². The van der Waals surface area contributed by atoms with E-state index < -0.39 is 12.2 Å². The van der Waals surface area contributed by atoms with Crippen molar-refractivity contribution >= 4 is 16.9 Å². The van der Waals surface area contributed by atoms with Crippen molar-refractivity contribution in [3.8, 4) is 0 Å². The highest BCUT2D eigenvalue weighted by molar-refractivity contribution is 5.87. The maximum absolute atomic E-state index is 10.1. The molecule has 2 aromatic heterocycles. The van der Waals surface area contributed by atoms with Crippen LogP contribution >= 0.6 is 0 Å². The van der Waals surface area contributed by atoms with Gasteiger partial charge >= 0.3 is 0 Å². The summed E-state index contributed by atoms with van der Waals surface area (Å²) in [6, 6.07) is 0. The van der Waals surface area contributed by atoms with E-state index in [0.717, 1.165) is 5.56 Å². The molecule has 1 aliphatic rings. The van der Waals surface area contributed by atoms with Crippen molar-refractivity contribution in [3.63, 3.8) is 0 Å². The normalized spacial score (nSPS) is 31.1. The van der Waals surface area contributed by atoms with Gasteiger partial charge in [-0.25, -0.2) is 9.97 Å². The Morgan fingerprint density at radius 2 is 2.11 bits per heavy atom. The molecule has 1 fully saturated rings. The predicted molar refractivity (Wildman–Crippen MR) is 68.2 cm³/mol. The second-order valence-corrected chi connectivity index (χ2v) is 4.99. The van der Waals surface area contributed by atoms with Crippen LogP contribution in [0.25, 0.3) is 11.0 Å². The summed E-state index contributed by atoms with van der Waals surface area (Å²) in [4.78, 5) is 11.1. The number of hydrogen-bond acceptors (Lipinski definition) is 6. The van der Waals surface area contributed by atoms with Crippen LogP contribution in [0.3, 0.4) is 0 Å². The molecule has 0 amide bonds. The number of aliphatic hydroxyl groups is 3. The molecule has 2 aromatic rings. The van der Waals surface area contributed by atoms with Gasteiger partial charge in [0.05, 0.1) is 17.7 Å². The van der Waals surface area contributed by atoms with Gasteiger partial charge in [-0.05, 0) is 6.42 Å². The van der Waals surface area contributed by atoms with E-state index in [1.807, 2.05) is 0 Å². The average Bonchev–Trinajstić information content (AvgIpc) is 2.94. The molecule has 6 N–H and O–H groups in total. The number of anilines is 1. The minimum atomic E-state index is -0.917. The maximum Gasteiger partial charge on any atom is 0.151 e. The number of nitrogens with one attached hydrogen (secondary N) is 1. The Labute approximate surface area is 109 Å². The van der Waals surface area contributed by atoms with Crippen LogP contribution in [0, 0.1) is 5.92 Å². The largest absolute Gasteiger partial charge is 0.396 e. The van der Waals surface area contributed by atoms with Crippen molar-refractivity contribution in [2.45, 2.75) is 24.5 Å². The van der Waals surface area contributed by atoms with E-state index in [1.165, 1.54) is 6.33 Å². The summed E-state index contributed by atoms with van der Waals surface area (Å²) in [7, 11) is 0. The van der Waals surface area contributed by atoms with Gasteiger partial charge < -0.3 is 26.0 Å². The number of nitrogens with zero attached hydrogens (tertiary/aromatic N) is 2. The Kier molecular flexibility index (Phi) is 2.89. The number of H-pyrrole nitrogens is 1. The first-order valence-electron chi connectivity index (χ1n) is 6.18. The zero-order valence-corrected chi connectivity index (χ0v) is 10.2. The van der Waals surface area contributed by atoms with Crippen LogP contribution in [-0.2, 0) is 0 Å². The van der Waals surface area contributed by atoms with Gasteiger partial charge in [-0.1, -0.05) is 0 Å². The van der Waals surface area contributed by atoms with Gasteiger partial charge in [0.15, 0.2) is 5.82 Å². The van der Waals surface area contributed by atoms with Crippen molar-refractivity contribution in [1.82, 2.24) is 15.0 Å². The number of nitrogen functional groups attached to an aromatic ring is 1. The lowest BCUT2D eigenvalue weighted by Gasteiger charge is -2.15. The summed E-state index contributed by atoms with van der Waals surface area (Å²) >= 11 is 0. The maximum atomic E-state index is 10.1. The zero-order valence-electron chi connectivity index (χ0n) is 10.2. The number of aromatic amines is 1. The number of fused-ring (bicyclic) bond motifs is 1. The molecule has 1 aliphatic carbocycles. The first kappa shape index (κ1) is 12.3. The molecular formula is C12H16N4O3. The SMILES string of the molecule is Nc1ncnc2c([C@@H]3C[C@H](CO)C(O)C3O)c[nH]c12. The van der Waals surface area contributed by atoms with E-state index in [9.17, 15) is 15.3 Å². The average molecular weight is 264 g/mol. The lowest BCUT2D eigenvalue weighted by atomic mass is 9.96. The lowest BCUT2D eigenvalue weighted by molar-refractivity contribution is 0.00241. The second-order valence-electron chi connectivity index (χ2n) is 4.99. The molecular weight excluding hydrogens is 248 g/mol. The summed E-state index contributed by atoms with van der Waals surface area (Å²) in [5, 5.41) is 29.2. The molecule has 0 saturated heterocycles. The van der Waals surface area contributed by atoms with Gasteiger partial charge in [-0.15, -0.1) is 0 Å². The number of aromatic nitrogens is 3. The molecule has 7 heteroatoms. The van der Waals surface area contributed by atoms with Gasteiger partial charge in [0.25, 0.3) is 0 Å². The van der Waals surface area contributed by atoms with Gasteiger partial charge in [0.1, 0.15) is 11.8 Å². The van der Waals surface area contributed by atoms with E-state index in [0.29, 0.717) is 23.3 Å². The highest BCUT2D eigenvalue weighted by Crippen LogP contribution is 2.41. The van der Waals surface area contributed by atoms with Crippen LogP contribution < -0.4 is 5.73 Å². The van der Waals surface area contributed by atoms with Crippen LogP contribution in [0.1, 0.15) is 17.9 Å². The summed E-state index contributed by atoms with van der Waals surface area (Å²) in [6.45, 7) is -0.145. The highest BCUT2D eigenvalue weighted by Gasteiger charge is 2.42. The third-order valence-electron chi connectivity index (χ3n) is 3.96. The summed E-state index contributed by atoms with van der Waals surface area (Å²) in [5.41, 5.74) is 7.83. The van der Waals surface area contributed by atoms with E-state index in [4.69, 9.17) is 5.73 Å². The Morgan fingerprint density at radius 3 is 2.79 bits per heavy atom. The molecule has 0 bridgehead atoms. The van der Waals surface area contributed by atoms with Gasteiger partial charge in [-0.2, -0.15) is 0 Å². The van der Waals surface area contributed by atoms with Crippen LogP contribution in [0.15, 0.2) is 12.5 Å². The van der Waals surface area contributed by atoms with Crippen molar-refractivity contribution in [2.75, 3.05) is 12.3 Å². The van der Waals surface area contributed by atoms with Gasteiger partial charge in [-0.3, -0.25) is 0 Å². The van der Waals surface area contributed by atoms with Crippen LogP contribution in [0.4, 0.5) is 5.82 Å². The fourth-order valence-electron chi connectivity index (χ4n) is 2.88. The summed E-state index contributed by atoms with van der Waals surface area (Å²) < 4.78 is 0. The quantitative estimate of drug-likeness (QED) is 0.490. The van der Waals surface area contributed by atoms with Crippen molar-refractivity contribution < 1.29 is 15.3 Å². The third-order valence-corrected chi connectivity index (χ3v) is 3.96. The zero-order chi connectivity index (χ0) is 13.6. The van der Waals surface area contributed by atoms with E-state index >= 15 is 0 Å². The molecule has 2 heterocycles. The standard InChI is InChI=1S/C12H16N4O3/c13-12-9-8(15-4-16-12)7(2-14-9)6-1-5(3-17)10(18)11(6)19/h2,4-6,10-11,14,17-19H,1,3H2,(H2,13,15,16)/t5-,6+,10?,11?/m1/s1. The first-order chi connectivity index (χ1) is 9.13. The number of hydrogen-bond donors (Lipinski definition) is 5. The fraction of sp³-hybridized carbons (Fsp3) is 0.500. The molecule has 0 radical (unpaired) electrons. The molecule has 1 saturated carbocycles. The Hall–Kier alpha value is -1.70.